The number of nitrogens with zero attached hydrogens (tertiary/aromatic N) is 2. The smallest absolute Gasteiger partial charge is 0.0918 e. The molecule has 5 heteroatoms. The van der Waals surface area contributed by atoms with Crippen molar-refractivity contribution in [2.24, 2.45) is 5.84 Å². The van der Waals surface area contributed by atoms with E-state index in [0.717, 1.165) is 31.5 Å². The van der Waals surface area contributed by atoms with Crippen molar-refractivity contribution in [2.45, 2.75) is 65.1 Å². The molecule has 0 bridgehead atoms. The van der Waals surface area contributed by atoms with Crippen molar-refractivity contribution in [2.75, 3.05) is 6.61 Å². The number of hydrogen-bond donors (Lipinski definition) is 2. The molecule has 1 heterocycles. The second kappa shape index (κ2) is 7.62. The highest BCUT2D eigenvalue weighted by Crippen LogP contribution is 2.34. The summed E-state index contributed by atoms with van der Waals surface area (Å²) in [5.74, 6) is 5.83. The number of aromatic nitrogens is 2. The van der Waals surface area contributed by atoms with Crippen molar-refractivity contribution in [1.82, 2.24) is 15.2 Å². The highest BCUT2D eigenvalue weighted by Gasteiger charge is 2.38. The van der Waals surface area contributed by atoms with E-state index in [1.807, 2.05) is 23.9 Å². The van der Waals surface area contributed by atoms with Crippen molar-refractivity contribution < 1.29 is 4.74 Å². The van der Waals surface area contributed by atoms with Crippen LogP contribution in [0.25, 0.3) is 0 Å². The summed E-state index contributed by atoms with van der Waals surface area (Å²) in [6.07, 6.45) is 4.69. The molecule has 0 amide bonds. The van der Waals surface area contributed by atoms with Crippen LogP contribution < -0.4 is 11.3 Å². The molecule has 0 aliphatic rings. The zero-order valence-electron chi connectivity index (χ0n) is 12.6. The van der Waals surface area contributed by atoms with E-state index in [1.165, 1.54) is 0 Å². The molecule has 0 aliphatic carbocycles. The molecule has 0 radical (unpaired) electrons. The summed E-state index contributed by atoms with van der Waals surface area (Å²) < 4.78 is 8.07. The standard InChI is InChI=1S/C14H28N4O/c1-5-11-18-12(9-10-16-18)13(17-15)14(6-2,7-3)19-8-4/h9-10,13,17H,5-8,11,15H2,1-4H3. The van der Waals surface area contributed by atoms with E-state index in [-0.39, 0.29) is 11.6 Å². The second-order valence-electron chi connectivity index (χ2n) is 4.78. The fourth-order valence-electron chi connectivity index (χ4n) is 2.73. The molecule has 19 heavy (non-hydrogen) atoms. The molecule has 0 fully saturated rings. The average Bonchev–Trinajstić information content (AvgIpc) is 2.87. The van der Waals surface area contributed by atoms with Gasteiger partial charge in [-0.1, -0.05) is 20.8 Å². The first-order valence-electron chi connectivity index (χ1n) is 7.30. The van der Waals surface area contributed by atoms with Gasteiger partial charge in [-0.15, -0.1) is 0 Å². The first kappa shape index (κ1) is 16.1. The second-order valence-corrected chi connectivity index (χ2v) is 4.78. The number of ether oxygens (including phenoxy) is 1. The van der Waals surface area contributed by atoms with Crippen LogP contribution in [-0.4, -0.2) is 22.0 Å². The van der Waals surface area contributed by atoms with Gasteiger partial charge in [0, 0.05) is 19.3 Å². The number of hydrazine groups is 1. The van der Waals surface area contributed by atoms with E-state index in [0.29, 0.717) is 6.61 Å². The van der Waals surface area contributed by atoms with E-state index in [2.05, 4.69) is 31.3 Å². The molecule has 1 rings (SSSR count). The third-order valence-corrected chi connectivity index (χ3v) is 3.80. The summed E-state index contributed by atoms with van der Waals surface area (Å²) in [4.78, 5) is 0. The number of aryl methyl sites for hydroxylation is 1. The van der Waals surface area contributed by atoms with Crippen molar-refractivity contribution in [3.8, 4) is 0 Å². The summed E-state index contributed by atoms with van der Waals surface area (Å²) in [5, 5.41) is 4.38. The maximum absolute atomic E-state index is 6.05. The van der Waals surface area contributed by atoms with Gasteiger partial charge in [0.1, 0.15) is 0 Å². The van der Waals surface area contributed by atoms with Crippen molar-refractivity contribution in [3.63, 3.8) is 0 Å². The number of rotatable bonds is 9. The number of nitrogens with one attached hydrogen (secondary N) is 1. The first-order valence-corrected chi connectivity index (χ1v) is 7.30. The van der Waals surface area contributed by atoms with Crippen LogP contribution in [0.15, 0.2) is 12.3 Å². The Morgan fingerprint density at radius 2 is 2.05 bits per heavy atom. The van der Waals surface area contributed by atoms with Gasteiger partial charge in [-0.05, 0) is 32.3 Å². The van der Waals surface area contributed by atoms with Gasteiger partial charge < -0.3 is 4.74 Å². The minimum atomic E-state index is -0.283. The molecule has 1 atom stereocenters. The number of hydrogen-bond acceptors (Lipinski definition) is 4. The Kier molecular flexibility index (Phi) is 6.48. The predicted octanol–water partition coefficient (Wildman–Crippen LogP) is 2.39. The lowest BCUT2D eigenvalue weighted by Crippen LogP contribution is -2.48. The summed E-state index contributed by atoms with van der Waals surface area (Å²) >= 11 is 0. The fourth-order valence-corrected chi connectivity index (χ4v) is 2.73. The SMILES string of the molecule is CCCn1nccc1C(NN)C(CC)(CC)OCC. The van der Waals surface area contributed by atoms with Gasteiger partial charge in [0.05, 0.1) is 17.3 Å². The molecule has 0 saturated heterocycles. The quantitative estimate of drug-likeness (QED) is 0.533. The van der Waals surface area contributed by atoms with Crippen LogP contribution in [0, 0.1) is 0 Å². The lowest BCUT2D eigenvalue weighted by Gasteiger charge is -2.39. The summed E-state index contributed by atoms with van der Waals surface area (Å²) in [6.45, 7) is 10.0. The van der Waals surface area contributed by atoms with Crippen LogP contribution in [0.3, 0.4) is 0 Å². The molecular weight excluding hydrogens is 240 g/mol. The van der Waals surface area contributed by atoms with Gasteiger partial charge in [-0.25, -0.2) is 5.43 Å². The van der Waals surface area contributed by atoms with Crippen LogP contribution in [0.2, 0.25) is 0 Å². The van der Waals surface area contributed by atoms with Crippen LogP contribution in [0.4, 0.5) is 0 Å². The van der Waals surface area contributed by atoms with E-state index in [9.17, 15) is 0 Å². The summed E-state index contributed by atoms with van der Waals surface area (Å²) in [7, 11) is 0. The first-order chi connectivity index (χ1) is 9.18. The molecule has 5 nitrogen and oxygen atoms in total. The maximum atomic E-state index is 6.05. The third-order valence-electron chi connectivity index (χ3n) is 3.80. The minimum Gasteiger partial charge on any atom is -0.373 e. The Hall–Kier alpha value is -0.910. The molecule has 1 aromatic rings. The molecule has 110 valence electrons. The predicted molar refractivity (Wildman–Crippen MR) is 77.5 cm³/mol. The molecule has 1 aromatic heterocycles. The molecule has 1 unspecified atom stereocenters. The van der Waals surface area contributed by atoms with Gasteiger partial charge in [0.15, 0.2) is 0 Å². The Balaban J connectivity index is 3.11. The zero-order chi connectivity index (χ0) is 14.3. The molecule has 0 aliphatic heterocycles. The van der Waals surface area contributed by atoms with Gasteiger partial charge >= 0.3 is 0 Å². The molecule has 3 N–H and O–H groups in total. The van der Waals surface area contributed by atoms with Gasteiger partial charge in [-0.3, -0.25) is 10.5 Å². The Labute approximate surface area is 116 Å². The monoisotopic (exact) mass is 268 g/mol. The van der Waals surface area contributed by atoms with E-state index in [1.54, 1.807) is 0 Å². The summed E-state index contributed by atoms with van der Waals surface area (Å²) in [6, 6.07) is 1.98. The van der Waals surface area contributed by atoms with Gasteiger partial charge in [0.2, 0.25) is 0 Å². The molecule has 0 saturated carbocycles. The van der Waals surface area contributed by atoms with E-state index in [4.69, 9.17) is 10.6 Å². The maximum Gasteiger partial charge on any atom is 0.0918 e. The largest absolute Gasteiger partial charge is 0.373 e. The van der Waals surface area contributed by atoms with Crippen molar-refractivity contribution in [3.05, 3.63) is 18.0 Å². The molecular formula is C14H28N4O. The van der Waals surface area contributed by atoms with Crippen LogP contribution in [0.5, 0.6) is 0 Å². The topological polar surface area (TPSA) is 65.1 Å². The Bertz CT molecular complexity index is 360. The van der Waals surface area contributed by atoms with E-state index < -0.39 is 0 Å². The highest BCUT2D eigenvalue weighted by molar-refractivity contribution is 5.13. The lowest BCUT2D eigenvalue weighted by molar-refractivity contribution is -0.0752. The molecule has 0 spiro atoms. The third kappa shape index (κ3) is 3.35. The fraction of sp³-hybridized carbons (Fsp3) is 0.786. The van der Waals surface area contributed by atoms with Crippen molar-refractivity contribution >= 4 is 0 Å². The zero-order valence-corrected chi connectivity index (χ0v) is 12.6. The highest BCUT2D eigenvalue weighted by atomic mass is 16.5. The summed E-state index contributed by atoms with van der Waals surface area (Å²) in [5.41, 5.74) is 3.76. The Morgan fingerprint density at radius 1 is 1.37 bits per heavy atom. The van der Waals surface area contributed by atoms with Gasteiger partial charge in [0.25, 0.3) is 0 Å². The molecule has 0 aromatic carbocycles. The average molecular weight is 268 g/mol. The van der Waals surface area contributed by atoms with Gasteiger partial charge in [-0.2, -0.15) is 5.10 Å². The van der Waals surface area contributed by atoms with Crippen molar-refractivity contribution in [1.29, 1.82) is 0 Å². The van der Waals surface area contributed by atoms with Crippen LogP contribution in [-0.2, 0) is 11.3 Å². The van der Waals surface area contributed by atoms with E-state index >= 15 is 0 Å². The Morgan fingerprint density at radius 3 is 2.53 bits per heavy atom. The van der Waals surface area contributed by atoms with Crippen LogP contribution in [0.1, 0.15) is 58.7 Å². The number of nitrogens with two attached hydrogens (primary N) is 1. The normalized spacial score (nSPS) is 13.7. The lowest BCUT2D eigenvalue weighted by atomic mass is 9.86. The van der Waals surface area contributed by atoms with Crippen LogP contribution >= 0.6 is 0 Å². The minimum absolute atomic E-state index is 0.0449.